The summed E-state index contributed by atoms with van der Waals surface area (Å²) in [6, 6.07) is 3.21. The van der Waals surface area contributed by atoms with E-state index in [4.69, 9.17) is 20.3 Å². The average Bonchev–Trinajstić information content (AvgIpc) is 2.57. The molecule has 1 aromatic heterocycles. The molecule has 132 valence electrons. The van der Waals surface area contributed by atoms with E-state index < -0.39 is 11.7 Å². The molecule has 5 heteroatoms. The Bertz CT molecular complexity index is 890. The average molecular weight is 342 g/mol. The van der Waals surface area contributed by atoms with E-state index in [0.29, 0.717) is 34.5 Å². The van der Waals surface area contributed by atoms with Gasteiger partial charge in [0.15, 0.2) is 5.58 Å². The fourth-order valence-electron chi connectivity index (χ4n) is 3.29. The van der Waals surface area contributed by atoms with Gasteiger partial charge in [0.25, 0.3) is 0 Å². The monoisotopic (exact) mass is 342 g/mol. The Morgan fingerprint density at radius 3 is 2.80 bits per heavy atom. The van der Waals surface area contributed by atoms with Gasteiger partial charge >= 0.3 is 5.63 Å². The summed E-state index contributed by atoms with van der Waals surface area (Å²) in [5.41, 5.74) is 1.20. The van der Waals surface area contributed by atoms with Crippen LogP contribution in [0.1, 0.15) is 44.4 Å². The lowest BCUT2D eigenvalue weighted by atomic mass is 9.88. The first kappa shape index (κ1) is 17.4. The van der Waals surface area contributed by atoms with Crippen molar-refractivity contribution in [2.24, 2.45) is 5.92 Å². The molecule has 3 atom stereocenters. The molecule has 0 unspecified atom stereocenters. The van der Waals surface area contributed by atoms with Gasteiger partial charge in [0.2, 0.25) is 0 Å². The van der Waals surface area contributed by atoms with E-state index >= 15 is 0 Å². The van der Waals surface area contributed by atoms with Gasteiger partial charge in [-0.05, 0) is 18.9 Å². The summed E-state index contributed by atoms with van der Waals surface area (Å²) in [5, 5.41) is 11.4. The third kappa shape index (κ3) is 2.98. The summed E-state index contributed by atoms with van der Waals surface area (Å²) in [5.74, 6) is 3.29. The zero-order valence-corrected chi connectivity index (χ0v) is 14.7. The summed E-state index contributed by atoms with van der Waals surface area (Å²) in [7, 11) is 0. The van der Waals surface area contributed by atoms with Gasteiger partial charge in [0.1, 0.15) is 24.2 Å². The van der Waals surface area contributed by atoms with Crippen LogP contribution in [0.25, 0.3) is 11.0 Å². The van der Waals surface area contributed by atoms with Crippen LogP contribution < -0.4 is 15.1 Å². The molecular weight excluding hydrogens is 320 g/mol. The fourth-order valence-corrected chi connectivity index (χ4v) is 3.29. The number of aliphatic hydroxyl groups excluding tert-OH is 1. The zero-order valence-electron chi connectivity index (χ0n) is 14.7. The second kappa shape index (κ2) is 6.81. The fraction of sp³-hybridized carbons (Fsp3) is 0.450. The molecule has 0 radical (unpaired) electrons. The molecule has 0 amide bonds. The van der Waals surface area contributed by atoms with Crippen LogP contribution in [0, 0.1) is 18.3 Å². The Labute approximate surface area is 146 Å². The van der Waals surface area contributed by atoms with E-state index in [2.05, 4.69) is 5.92 Å². The predicted octanol–water partition coefficient (Wildman–Crippen LogP) is 3.21. The van der Waals surface area contributed by atoms with Crippen LogP contribution >= 0.6 is 0 Å². The Morgan fingerprint density at radius 1 is 1.36 bits per heavy atom. The van der Waals surface area contributed by atoms with E-state index in [1.165, 1.54) is 6.07 Å². The lowest BCUT2D eigenvalue weighted by Gasteiger charge is -2.34. The molecule has 1 aliphatic heterocycles. The number of ether oxygens (including phenoxy) is 2. The highest BCUT2D eigenvalue weighted by Gasteiger charge is 2.35. The van der Waals surface area contributed by atoms with Crippen molar-refractivity contribution in [3.05, 3.63) is 33.7 Å². The lowest BCUT2D eigenvalue weighted by Crippen LogP contribution is -2.32. The van der Waals surface area contributed by atoms with Crippen LogP contribution in [-0.2, 0) is 6.42 Å². The lowest BCUT2D eigenvalue weighted by molar-refractivity contribution is 0.0178. The molecule has 1 aliphatic rings. The van der Waals surface area contributed by atoms with E-state index in [1.807, 2.05) is 20.8 Å². The molecule has 2 heterocycles. The molecule has 25 heavy (non-hydrogen) atoms. The predicted molar refractivity (Wildman–Crippen MR) is 95.0 cm³/mol. The van der Waals surface area contributed by atoms with E-state index in [0.717, 1.165) is 12.0 Å². The summed E-state index contributed by atoms with van der Waals surface area (Å²) in [4.78, 5) is 12.1. The third-order valence-electron chi connectivity index (χ3n) is 4.74. The molecule has 0 aliphatic carbocycles. The third-order valence-corrected chi connectivity index (χ3v) is 4.74. The largest absolute Gasteiger partial charge is 0.490 e. The van der Waals surface area contributed by atoms with Crippen molar-refractivity contribution >= 4 is 11.0 Å². The maximum Gasteiger partial charge on any atom is 0.336 e. The van der Waals surface area contributed by atoms with Gasteiger partial charge in [-0.2, -0.15) is 0 Å². The second-order valence-corrected chi connectivity index (χ2v) is 6.45. The number of fused-ring (bicyclic) bond motifs is 3. The molecule has 0 bridgehead atoms. The molecule has 1 aromatic carbocycles. The van der Waals surface area contributed by atoms with Crippen LogP contribution in [0.5, 0.6) is 11.5 Å². The second-order valence-electron chi connectivity index (χ2n) is 6.45. The quantitative estimate of drug-likeness (QED) is 0.682. The number of rotatable bonds is 4. The number of hydrogen-bond acceptors (Lipinski definition) is 5. The van der Waals surface area contributed by atoms with Crippen molar-refractivity contribution in [1.82, 2.24) is 0 Å². The molecule has 0 spiro atoms. The molecule has 2 aromatic rings. The minimum Gasteiger partial charge on any atom is -0.490 e. The highest BCUT2D eigenvalue weighted by Crippen LogP contribution is 2.46. The Hall–Kier alpha value is -2.45. The Morgan fingerprint density at radius 2 is 2.12 bits per heavy atom. The molecule has 1 N–H and O–H groups in total. The normalized spacial score (nSPS) is 22.1. The van der Waals surface area contributed by atoms with Crippen molar-refractivity contribution in [2.75, 3.05) is 6.61 Å². The first-order chi connectivity index (χ1) is 12.0. The SMILES string of the molecule is C#CCOc1cc2c(c3oc(=O)cc(CCC)c13)[C@@H](O)[C@H](C)[C@@H](C)O2. The van der Waals surface area contributed by atoms with Crippen LogP contribution in [0.4, 0.5) is 0 Å². The summed E-state index contributed by atoms with van der Waals surface area (Å²) in [6.45, 7) is 5.92. The van der Waals surface area contributed by atoms with Gasteiger partial charge in [-0.15, -0.1) is 6.42 Å². The molecule has 0 saturated heterocycles. The van der Waals surface area contributed by atoms with Gasteiger partial charge in [0.05, 0.1) is 17.1 Å². The molecule has 3 rings (SSSR count). The first-order valence-corrected chi connectivity index (χ1v) is 8.52. The minimum atomic E-state index is -0.789. The highest BCUT2D eigenvalue weighted by atomic mass is 16.5. The summed E-state index contributed by atoms with van der Waals surface area (Å²) in [6.07, 6.45) is 5.91. The van der Waals surface area contributed by atoms with Gasteiger partial charge in [-0.25, -0.2) is 4.79 Å². The van der Waals surface area contributed by atoms with E-state index in [9.17, 15) is 9.90 Å². The topological polar surface area (TPSA) is 68.9 Å². The van der Waals surface area contributed by atoms with E-state index in [-0.39, 0.29) is 18.6 Å². The number of benzene rings is 1. The maximum absolute atomic E-state index is 12.1. The van der Waals surface area contributed by atoms with Crippen molar-refractivity contribution < 1.29 is 19.0 Å². The minimum absolute atomic E-state index is 0.0904. The zero-order chi connectivity index (χ0) is 18.1. The van der Waals surface area contributed by atoms with Crippen LogP contribution in [0.2, 0.25) is 0 Å². The standard InChI is InChI=1S/C20H22O5/c1-5-7-13-9-16(21)25-20-17(13)14(23-8-6-2)10-15-18(20)19(22)11(3)12(4)24-15/h2,9-12,19,22H,5,7-8H2,1,3-4H3/t11-,12-,19+/m1/s1. The molecule has 0 saturated carbocycles. The summed E-state index contributed by atoms with van der Waals surface area (Å²) < 4.78 is 17.1. The van der Waals surface area contributed by atoms with Gasteiger partial charge in [0, 0.05) is 18.1 Å². The number of hydrogen-bond donors (Lipinski definition) is 1. The summed E-state index contributed by atoms with van der Waals surface area (Å²) >= 11 is 0. The van der Waals surface area contributed by atoms with Crippen molar-refractivity contribution in [2.45, 2.75) is 45.8 Å². The van der Waals surface area contributed by atoms with Crippen molar-refractivity contribution in [1.29, 1.82) is 0 Å². The van der Waals surface area contributed by atoms with Gasteiger partial charge in [-0.3, -0.25) is 0 Å². The van der Waals surface area contributed by atoms with Crippen LogP contribution in [0.15, 0.2) is 21.3 Å². The smallest absolute Gasteiger partial charge is 0.336 e. The van der Waals surface area contributed by atoms with Crippen LogP contribution in [0.3, 0.4) is 0 Å². The van der Waals surface area contributed by atoms with E-state index in [1.54, 1.807) is 6.07 Å². The maximum atomic E-state index is 12.1. The van der Waals surface area contributed by atoms with Crippen LogP contribution in [-0.4, -0.2) is 17.8 Å². The van der Waals surface area contributed by atoms with Gasteiger partial charge < -0.3 is 19.0 Å². The number of aryl methyl sites for hydroxylation is 1. The number of terminal acetylenes is 1. The Balaban J connectivity index is 2.36. The molecule has 5 nitrogen and oxygen atoms in total. The van der Waals surface area contributed by atoms with Gasteiger partial charge in [-0.1, -0.05) is 26.2 Å². The number of aliphatic hydroxyl groups is 1. The van der Waals surface area contributed by atoms with Crippen molar-refractivity contribution in [3.8, 4) is 23.8 Å². The highest BCUT2D eigenvalue weighted by molar-refractivity contribution is 5.91. The molecular formula is C20H22O5. The van der Waals surface area contributed by atoms with Crippen molar-refractivity contribution in [3.63, 3.8) is 0 Å². The first-order valence-electron chi connectivity index (χ1n) is 8.52. The Kier molecular flexibility index (Phi) is 4.73. The molecule has 0 fully saturated rings.